The van der Waals surface area contributed by atoms with Crippen LogP contribution in [-0.2, 0) is 14.3 Å². The number of nitrogens with zero attached hydrogens (tertiary/aromatic N) is 2. The third kappa shape index (κ3) is 3.87. The predicted octanol–water partition coefficient (Wildman–Crippen LogP) is 3.87. The van der Waals surface area contributed by atoms with Gasteiger partial charge in [0.2, 0.25) is 0 Å². The van der Waals surface area contributed by atoms with Crippen molar-refractivity contribution in [1.82, 2.24) is 4.98 Å². The molecule has 168 valence electrons. The number of hydrogen-bond donors (Lipinski definition) is 1. The van der Waals surface area contributed by atoms with E-state index in [-0.39, 0.29) is 21.3 Å². The highest BCUT2D eigenvalue weighted by molar-refractivity contribution is 7.17. The van der Waals surface area contributed by atoms with E-state index in [1.165, 1.54) is 19.1 Å². The molecule has 1 aliphatic heterocycles. The van der Waals surface area contributed by atoms with Gasteiger partial charge in [-0.2, -0.15) is 0 Å². The summed E-state index contributed by atoms with van der Waals surface area (Å²) in [5.74, 6) is -2.00. The van der Waals surface area contributed by atoms with Gasteiger partial charge < -0.3 is 14.6 Å². The maximum atomic E-state index is 13.2. The van der Waals surface area contributed by atoms with Crippen molar-refractivity contribution in [3.8, 4) is 5.75 Å². The van der Waals surface area contributed by atoms with E-state index in [2.05, 4.69) is 4.98 Å². The number of aliphatic hydroxyl groups is 1. The van der Waals surface area contributed by atoms with Crippen molar-refractivity contribution in [1.29, 1.82) is 0 Å². The number of methoxy groups -OCH3 is 2. The van der Waals surface area contributed by atoms with Crippen molar-refractivity contribution >= 4 is 39.9 Å². The number of thiazole rings is 1. The lowest BCUT2D eigenvalue weighted by Gasteiger charge is -2.23. The lowest BCUT2D eigenvalue weighted by atomic mass is 9.95. The number of amides is 1. The van der Waals surface area contributed by atoms with Crippen LogP contribution in [0.25, 0.3) is 5.76 Å². The van der Waals surface area contributed by atoms with Gasteiger partial charge in [0, 0.05) is 5.56 Å². The van der Waals surface area contributed by atoms with Crippen LogP contribution in [0.4, 0.5) is 5.13 Å². The van der Waals surface area contributed by atoms with Gasteiger partial charge in [0.05, 0.1) is 31.5 Å². The molecule has 2 aromatic carbocycles. The summed E-state index contributed by atoms with van der Waals surface area (Å²) in [6, 6.07) is 14.4. The zero-order valence-corrected chi connectivity index (χ0v) is 18.9. The number of esters is 1. The van der Waals surface area contributed by atoms with Gasteiger partial charge >= 0.3 is 11.9 Å². The fourth-order valence-electron chi connectivity index (χ4n) is 3.65. The summed E-state index contributed by atoms with van der Waals surface area (Å²) in [5, 5.41) is 11.3. The second-order valence-electron chi connectivity index (χ2n) is 7.21. The molecule has 0 aliphatic carbocycles. The molecule has 33 heavy (non-hydrogen) atoms. The van der Waals surface area contributed by atoms with Crippen molar-refractivity contribution in [2.45, 2.75) is 13.0 Å². The van der Waals surface area contributed by atoms with Crippen molar-refractivity contribution in [2.24, 2.45) is 0 Å². The van der Waals surface area contributed by atoms with E-state index in [0.29, 0.717) is 22.6 Å². The Morgan fingerprint density at radius 2 is 1.73 bits per heavy atom. The molecule has 2 heterocycles. The summed E-state index contributed by atoms with van der Waals surface area (Å²) in [6.07, 6.45) is 0. The first-order chi connectivity index (χ1) is 15.9. The number of ether oxygens (including phenoxy) is 2. The lowest BCUT2D eigenvalue weighted by molar-refractivity contribution is -0.132. The normalized spacial score (nSPS) is 17.3. The van der Waals surface area contributed by atoms with Crippen LogP contribution in [0, 0.1) is 6.92 Å². The molecule has 9 heteroatoms. The first-order valence-corrected chi connectivity index (χ1v) is 10.7. The number of ketones is 1. The number of aromatic nitrogens is 1. The van der Waals surface area contributed by atoms with Gasteiger partial charge in [-0.1, -0.05) is 41.7 Å². The highest BCUT2D eigenvalue weighted by atomic mass is 32.1. The van der Waals surface area contributed by atoms with E-state index in [4.69, 9.17) is 9.47 Å². The maximum absolute atomic E-state index is 13.2. The highest BCUT2D eigenvalue weighted by Gasteiger charge is 2.48. The number of Topliss-reactive ketones (excluding diaryl/α,β-unsaturated/α-hetero) is 1. The first kappa shape index (κ1) is 22.2. The molecule has 0 radical (unpaired) electrons. The number of benzene rings is 2. The highest BCUT2D eigenvalue weighted by Crippen LogP contribution is 2.43. The molecule has 1 fully saturated rings. The number of carbonyl (C=O) groups excluding carboxylic acids is 3. The van der Waals surface area contributed by atoms with Crippen molar-refractivity contribution in [3.63, 3.8) is 0 Å². The molecular formula is C24H20N2O6S. The van der Waals surface area contributed by atoms with E-state index in [1.807, 2.05) is 6.07 Å². The van der Waals surface area contributed by atoms with E-state index in [0.717, 1.165) is 11.3 Å². The Kier molecular flexibility index (Phi) is 5.97. The molecule has 0 bridgehead atoms. The minimum Gasteiger partial charge on any atom is -0.507 e. The number of anilines is 1. The monoisotopic (exact) mass is 464 g/mol. The summed E-state index contributed by atoms with van der Waals surface area (Å²) in [6.45, 7) is 1.62. The zero-order valence-electron chi connectivity index (χ0n) is 18.1. The Bertz CT molecular complexity index is 1260. The van der Waals surface area contributed by atoms with Gasteiger partial charge in [0.15, 0.2) is 5.13 Å². The standard InChI is InChI=1S/C24H20N2O6S/c1-13-21(23(30)32-3)33-24(25-13)26-18(14-7-5-4-6-8-14)17(20(28)22(26)29)19(27)15-9-11-16(31-2)12-10-15/h4-12,18,27H,1-3H3/b19-17+/t18-/m0/s1. The average molecular weight is 464 g/mol. The van der Waals surface area contributed by atoms with E-state index >= 15 is 0 Å². The van der Waals surface area contributed by atoms with E-state index in [9.17, 15) is 19.5 Å². The number of carbonyl (C=O) groups is 3. The SMILES string of the molecule is COC(=O)c1sc(N2C(=O)C(=O)/C(=C(/O)c3ccc(OC)cc3)[C@@H]2c2ccccc2)nc1C. The van der Waals surface area contributed by atoms with Gasteiger partial charge in [-0.3, -0.25) is 14.5 Å². The van der Waals surface area contributed by atoms with Crippen molar-refractivity contribution in [2.75, 3.05) is 19.1 Å². The van der Waals surface area contributed by atoms with Crippen LogP contribution in [0.1, 0.15) is 32.5 Å². The lowest BCUT2D eigenvalue weighted by Crippen LogP contribution is -2.29. The van der Waals surface area contributed by atoms with Gasteiger partial charge in [-0.15, -0.1) is 0 Å². The van der Waals surface area contributed by atoms with Gasteiger partial charge in [-0.05, 0) is 36.8 Å². The predicted molar refractivity (Wildman–Crippen MR) is 122 cm³/mol. The second-order valence-corrected chi connectivity index (χ2v) is 8.19. The maximum Gasteiger partial charge on any atom is 0.350 e. The number of aliphatic hydroxyl groups excluding tert-OH is 1. The molecule has 3 aromatic rings. The molecule has 0 unspecified atom stereocenters. The van der Waals surface area contributed by atoms with Crippen molar-refractivity contribution < 1.29 is 29.0 Å². The molecule has 1 saturated heterocycles. The van der Waals surface area contributed by atoms with Crippen LogP contribution >= 0.6 is 11.3 Å². The molecule has 1 aromatic heterocycles. The third-order valence-corrected chi connectivity index (χ3v) is 6.42. The molecule has 1 amide bonds. The molecule has 1 N–H and O–H groups in total. The Balaban J connectivity index is 1.90. The number of rotatable bonds is 5. The van der Waals surface area contributed by atoms with Gasteiger partial charge in [-0.25, -0.2) is 9.78 Å². The molecule has 0 saturated carbocycles. The summed E-state index contributed by atoms with van der Waals surface area (Å²) < 4.78 is 9.94. The first-order valence-electron chi connectivity index (χ1n) is 9.93. The topological polar surface area (TPSA) is 106 Å². The quantitative estimate of drug-likeness (QED) is 0.264. The Morgan fingerprint density at radius 1 is 1.06 bits per heavy atom. The Hall–Kier alpha value is -3.98. The summed E-state index contributed by atoms with van der Waals surface area (Å²) in [4.78, 5) is 44.2. The van der Waals surface area contributed by atoms with Crippen LogP contribution in [-0.4, -0.2) is 42.0 Å². The molecule has 0 spiro atoms. The van der Waals surface area contributed by atoms with Crippen LogP contribution < -0.4 is 9.64 Å². The van der Waals surface area contributed by atoms with E-state index in [1.54, 1.807) is 55.5 Å². The molecule has 1 atom stereocenters. The largest absolute Gasteiger partial charge is 0.507 e. The zero-order chi connectivity index (χ0) is 23.7. The number of hydrogen-bond acceptors (Lipinski definition) is 8. The van der Waals surface area contributed by atoms with E-state index < -0.39 is 23.7 Å². The minimum atomic E-state index is -0.927. The van der Waals surface area contributed by atoms with Gasteiger partial charge in [0.1, 0.15) is 16.4 Å². The van der Waals surface area contributed by atoms with Crippen LogP contribution in [0.2, 0.25) is 0 Å². The van der Waals surface area contributed by atoms with Gasteiger partial charge in [0.25, 0.3) is 5.78 Å². The molecule has 8 nitrogen and oxygen atoms in total. The average Bonchev–Trinajstić information content (AvgIpc) is 3.35. The Labute approximate surface area is 193 Å². The summed E-state index contributed by atoms with van der Waals surface area (Å²) in [5.41, 5.74) is 1.29. The smallest absolute Gasteiger partial charge is 0.350 e. The second kappa shape index (κ2) is 8.87. The van der Waals surface area contributed by atoms with Crippen LogP contribution in [0.3, 0.4) is 0 Å². The number of aryl methyl sites for hydroxylation is 1. The minimum absolute atomic E-state index is 0.0659. The molecule has 1 aliphatic rings. The fourth-order valence-corrected chi connectivity index (χ4v) is 4.66. The van der Waals surface area contributed by atoms with Crippen LogP contribution in [0.5, 0.6) is 5.75 Å². The summed E-state index contributed by atoms with van der Waals surface area (Å²) >= 11 is 0.955. The van der Waals surface area contributed by atoms with Crippen LogP contribution in [0.15, 0.2) is 60.2 Å². The van der Waals surface area contributed by atoms with Crippen molar-refractivity contribution in [3.05, 3.63) is 81.9 Å². The third-order valence-electron chi connectivity index (χ3n) is 5.29. The summed E-state index contributed by atoms with van der Waals surface area (Å²) in [7, 11) is 2.78. The fraction of sp³-hybridized carbons (Fsp3) is 0.167. The Morgan fingerprint density at radius 3 is 2.33 bits per heavy atom. The molecular weight excluding hydrogens is 444 g/mol. The molecule has 4 rings (SSSR count).